The highest BCUT2D eigenvalue weighted by molar-refractivity contribution is 5.89. The van der Waals surface area contributed by atoms with Gasteiger partial charge in [-0.15, -0.1) is 0 Å². The Morgan fingerprint density at radius 1 is 1.10 bits per heavy atom. The lowest BCUT2D eigenvalue weighted by atomic mass is 10.2. The van der Waals surface area contributed by atoms with Gasteiger partial charge in [0.25, 0.3) is 0 Å². The number of anilines is 1. The number of nitrogens with zero attached hydrogens (tertiary/aromatic N) is 2. The summed E-state index contributed by atoms with van der Waals surface area (Å²) in [5, 5.41) is 9.60. The summed E-state index contributed by atoms with van der Waals surface area (Å²) < 4.78 is 5.41. The number of likely N-dealkylation sites (tertiary alicyclic amines) is 1. The number of guanidine groups is 1. The summed E-state index contributed by atoms with van der Waals surface area (Å²) in [5.41, 5.74) is 2.90. The Balaban J connectivity index is 1.60. The summed E-state index contributed by atoms with van der Waals surface area (Å²) in [6.07, 6.45) is 2.16. The van der Waals surface area contributed by atoms with Crippen LogP contribution in [0.3, 0.4) is 0 Å². The molecule has 3 rings (SSSR count). The highest BCUT2D eigenvalue weighted by Crippen LogP contribution is 2.17. The summed E-state index contributed by atoms with van der Waals surface area (Å²) in [7, 11) is 1.67. The van der Waals surface area contributed by atoms with E-state index in [9.17, 15) is 4.79 Å². The minimum atomic E-state index is -0.0278. The Hall–Kier alpha value is -3.22. The third kappa shape index (κ3) is 6.14. The molecule has 0 unspecified atom stereocenters. The van der Waals surface area contributed by atoms with Crippen LogP contribution in [0.5, 0.6) is 5.75 Å². The van der Waals surface area contributed by atoms with Crippen LogP contribution in [0, 0.1) is 0 Å². The van der Waals surface area contributed by atoms with E-state index in [-0.39, 0.29) is 6.03 Å². The molecule has 0 bridgehead atoms. The zero-order chi connectivity index (χ0) is 21.2. The van der Waals surface area contributed by atoms with Crippen molar-refractivity contribution in [3.63, 3.8) is 0 Å². The number of methoxy groups -OCH3 is 1. The third-order valence-electron chi connectivity index (χ3n) is 4.97. The van der Waals surface area contributed by atoms with Crippen molar-refractivity contribution < 1.29 is 9.53 Å². The number of rotatable bonds is 7. The molecule has 1 fully saturated rings. The molecule has 30 heavy (non-hydrogen) atoms. The smallest absolute Gasteiger partial charge is 0.321 e. The molecule has 1 saturated heterocycles. The van der Waals surface area contributed by atoms with Gasteiger partial charge in [-0.2, -0.15) is 0 Å². The SMILES string of the molecule is CCNC(=NCc1cccc(NC(=O)N2CCCC2)c1)NCc1ccccc1OC. The average molecular weight is 410 g/mol. The van der Waals surface area contributed by atoms with E-state index in [4.69, 9.17) is 4.74 Å². The number of ether oxygens (including phenoxy) is 1. The second kappa shape index (κ2) is 11.1. The molecule has 0 saturated carbocycles. The van der Waals surface area contributed by atoms with Gasteiger partial charge in [0.1, 0.15) is 5.75 Å². The standard InChI is InChI=1S/C23H31N5O2/c1-3-24-22(26-17-19-10-4-5-12-21(19)30-2)25-16-18-9-8-11-20(15-18)27-23(29)28-13-6-7-14-28/h4-5,8-12,15H,3,6-7,13-14,16-17H2,1-2H3,(H,27,29)(H2,24,25,26). The van der Waals surface area contributed by atoms with E-state index in [1.807, 2.05) is 60.4 Å². The van der Waals surface area contributed by atoms with Crippen LogP contribution in [0.4, 0.5) is 10.5 Å². The highest BCUT2D eigenvalue weighted by Gasteiger charge is 2.17. The van der Waals surface area contributed by atoms with Gasteiger partial charge in [0.2, 0.25) is 0 Å². The molecule has 0 aliphatic carbocycles. The van der Waals surface area contributed by atoms with E-state index >= 15 is 0 Å². The van der Waals surface area contributed by atoms with Crippen molar-refractivity contribution in [2.45, 2.75) is 32.9 Å². The zero-order valence-electron chi connectivity index (χ0n) is 17.8. The molecule has 2 amide bonds. The summed E-state index contributed by atoms with van der Waals surface area (Å²) in [6, 6.07) is 15.7. The molecular formula is C23H31N5O2. The van der Waals surface area contributed by atoms with E-state index in [0.717, 1.165) is 61.0 Å². The fraction of sp³-hybridized carbons (Fsp3) is 0.391. The maximum atomic E-state index is 12.3. The molecule has 0 spiro atoms. The summed E-state index contributed by atoms with van der Waals surface area (Å²) in [5.74, 6) is 1.58. The Kier molecular flexibility index (Phi) is 7.94. The number of benzene rings is 2. The number of nitrogens with one attached hydrogen (secondary N) is 3. The Labute approximate surface area is 178 Å². The van der Waals surface area contributed by atoms with Crippen molar-refractivity contribution in [1.29, 1.82) is 0 Å². The van der Waals surface area contributed by atoms with Gasteiger partial charge in [-0.05, 0) is 43.5 Å². The summed E-state index contributed by atoms with van der Waals surface area (Å²) >= 11 is 0. The second-order valence-electron chi connectivity index (χ2n) is 7.19. The van der Waals surface area contributed by atoms with Gasteiger partial charge in [-0.1, -0.05) is 30.3 Å². The van der Waals surface area contributed by atoms with Crippen molar-refractivity contribution in [2.24, 2.45) is 4.99 Å². The molecule has 2 aromatic carbocycles. The quantitative estimate of drug-likeness (QED) is 0.483. The number of aliphatic imine (C=N–C) groups is 1. The predicted molar refractivity (Wildman–Crippen MR) is 121 cm³/mol. The fourth-order valence-corrected chi connectivity index (χ4v) is 3.41. The average Bonchev–Trinajstić information content (AvgIpc) is 3.31. The van der Waals surface area contributed by atoms with E-state index < -0.39 is 0 Å². The van der Waals surface area contributed by atoms with Gasteiger partial charge < -0.3 is 25.6 Å². The Morgan fingerprint density at radius 3 is 2.67 bits per heavy atom. The van der Waals surface area contributed by atoms with Crippen molar-refractivity contribution in [2.75, 3.05) is 32.1 Å². The molecule has 1 aliphatic rings. The van der Waals surface area contributed by atoms with Gasteiger partial charge in [0, 0.05) is 37.4 Å². The van der Waals surface area contributed by atoms with E-state index in [1.165, 1.54) is 0 Å². The topological polar surface area (TPSA) is 78.0 Å². The van der Waals surface area contributed by atoms with Crippen molar-refractivity contribution in [1.82, 2.24) is 15.5 Å². The summed E-state index contributed by atoms with van der Waals surface area (Å²) in [6.45, 7) is 5.59. The maximum absolute atomic E-state index is 12.3. The van der Waals surface area contributed by atoms with Crippen LogP contribution >= 0.6 is 0 Å². The molecule has 7 nitrogen and oxygen atoms in total. The molecule has 2 aromatic rings. The molecular weight excluding hydrogens is 378 g/mol. The highest BCUT2D eigenvalue weighted by atomic mass is 16.5. The largest absolute Gasteiger partial charge is 0.496 e. The summed E-state index contributed by atoms with van der Waals surface area (Å²) in [4.78, 5) is 18.8. The molecule has 1 aliphatic heterocycles. The first-order valence-corrected chi connectivity index (χ1v) is 10.5. The van der Waals surface area contributed by atoms with Crippen molar-refractivity contribution in [3.05, 3.63) is 59.7 Å². The van der Waals surface area contributed by atoms with Crippen LogP contribution in [-0.2, 0) is 13.1 Å². The predicted octanol–water partition coefficient (Wildman–Crippen LogP) is 3.58. The van der Waals surface area contributed by atoms with Gasteiger partial charge in [0.15, 0.2) is 5.96 Å². The lowest BCUT2D eigenvalue weighted by molar-refractivity contribution is 0.222. The molecule has 0 radical (unpaired) electrons. The maximum Gasteiger partial charge on any atom is 0.321 e. The third-order valence-corrected chi connectivity index (χ3v) is 4.97. The normalized spacial score (nSPS) is 13.8. The van der Waals surface area contributed by atoms with E-state index in [0.29, 0.717) is 13.1 Å². The number of hydrogen-bond acceptors (Lipinski definition) is 3. The Morgan fingerprint density at radius 2 is 1.90 bits per heavy atom. The lowest BCUT2D eigenvalue weighted by Gasteiger charge is -2.16. The van der Waals surface area contributed by atoms with E-state index in [1.54, 1.807) is 7.11 Å². The van der Waals surface area contributed by atoms with Crippen LogP contribution < -0.4 is 20.7 Å². The number of carbonyl (C=O) groups is 1. The van der Waals surface area contributed by atoms with Crippen LogP contribution in [0.2, 0.25) is 0 Å². The van der Waals surface area contributed by atoms with Gasteiger partial charge in [0.05, 0.1) is 13.7 Å². The number of urea groups is 1. The minimum absolute atomic E-state index is 0.0278. The van der Waals surface area contributed by atoms with Gasteiger partial charge >= 0.3 is 6.03 Å². The first-order valence-electron chi connectivity index (χ1n) is 10.5. The molecule has 160 valence electrons. The molecule has 7 heteroatoms. The van der Waals surface area contributed by atoms with Crippen molar-refractivity contribution >= 4 is 17.7 Å². The Bertz CT molecular complexity index is 862. The van der Waals surface area contributed by atoms with Crippen LogP contribution in [0.25, 0.3) is 0 Å². The lowest BCUT2D eigenvalue weighted by Crippen LogP contribution is -2.36. The number of amides is 2. The monoisotopic (exact) mass is 409 g/mol. The molecule has 1 heterocycles. The van der Waals surface area contributed by atoms with Gasteiger partial charge in [-0.25, -0.2) is 9.79 Å². The molecule has 0 atom stereocenters. The van der Waals surface area contributed by atoms with Crippen LogP contribution in [0.15, 0.2) is 53.5 Å². The number of para-hydroxylation sites is 1. The first-order chi connectivity index (χ1) is 14.7. The second-order valence-corrected chi connectivity index (χ2v) is 7.19. The van der Waals surface area contributed by atoms with E-state index in [2.05, 4.69) is 20.9 Å². The van der Waals surface area contributed by atoms with Crippen molar-refractivity contribution in [3.8, 4) is 5.75 Å². The molecule has 0 aromatic heterocycles. The zero-order valence-corrected chi connectivity index (χ0v) is 17.8. The minimum Gasteiger partial charge on any atom is -0.496 e. The van der Waals surface area contributed by atoms with Crippen LogP contribution in [0.1, 0.15) is 30.9 Å². The molecule has 3 N–H and O–H groups in total. The van der Waals surface area contributed by atoms with Gasteiger partial charge in [-0.3, -0.25) is 0 Å². The number of carbonyl (C=O) groups excluding carboxylic acids is 1. The van der Waals surface area contributed by atoms with Crippen LogP contribution in [-0.4, -0.2) is 43.6 Å². The fourth-order valence-electron chi connectivity index (χ4n) is 3.41. The number of hydrogen-bond donors (Lipinski definition) is 3. The first kappa shape index (κ1) is 21.5.